The van der Waals surface area contributed by atoms with E-state index in [2.05, 4.69) is 47.9 Å². The first kappa shape index (κ1) is 48.2. The summed E-state index contributed by atoms with van der Waals surface area (Å²) in [6.07, 6.45) is 0.874. The van der Waals surface area contributed by atoms with E-state index < -0.39 is 35.6 Å². The van der Waals surface area contributed by atoms with Gasteiger partial charge in [0, 0.05) is 75.1 Å². The lowest BCUT2D eigenvalue weighted by atomic mass is 9.85. The summed E-state index contributed by atoms with van der Waals surface area (Å²) in [6, 6.07) is 28.7. The molecule has 3 aliphatic heterocycles. The zero-order valence-electron chi connectivity index (χ0n) is 39.6. The molecular formula is C53H57N9O6S2. The first-order valence-corrected chi connectivity index (χ1v) is 25.3. The van der Waals surface area contributed by atoms with Crippen LogP contribution in [0.2, 0.25) is 0 Å². The van der Waals surface area contributed by atoms with Gasteiger partial charge in [-0.3, -0.25) is 34.2 Å². The summed E-state index contributed by atoms with van der Waals surface area (Å²) in [5, 5.41) is 21.8. The van der Waals surface area contributed by atoms with Crippen LogP contribution in [-0.4, -0.2) is 117 Å². The van der Waals surface area contributed by atoms with E-state index in [-0.39, 0.29) is 49.7 Å². The summed E-state index contributed by atoms with van der Waals surface area (Å²) in [4.78, 5) is 86.2. The number of aliphatic hydroxyl groups is 1. The largest absolute Gasteiger partial charge is 0.391 e. The highest BCUT2D eigenvalue weighted by Gasteiger charge is 2.45. The maximum absolute atomic E-state index is 14.2. The molecule has 3 aliphatic rings. The highest BCUT2D eigenvalue weighted by Crippen LogP contribution is 2.36. The third kappa shape index (κ3) is 10.7. The number of aromatic nitrogens is 2. The molecular weight excluding hydrogens is 923 g/mol. The number of fused-ring (bicyclic) bond motifs is 1. The van der Waals surface area contributed by atoms with Gasteiger partial charge in [0.15, 0.2) is 5.13 Å². The smallest absolute Gasteiger partial charge is 0.255 e. The monoisotopic (exact) mass is 979 g/mol. The molecule has 0 spiro atoms. The number of amides is 5. The number of nitrogens with one attached hydrogen (secondary N) is 3. The van der Waals surface area contributed by atoms with E-state index in [0.29, 0.717) is 49.0 Å². The summed E-state index contributed by atoms with van der Waals surface area (Å²) >= 11 is 2.90. The molecule has 4 N–H and O–H groups in total. The van der Waals surface area contributed by atoms with Gasteiger partial charge >= 0.3 is 0 Å². The predicted molar refractivity (Wildman–Crippen MR) is 272 cm³/mol. The molecule has 6 aromatic rings. The molecule has 70 heavy (non-hydrogen) atoms. The zero-order chi connectivity index (χ0) is 49.1. The van der Waals surface area contributed by atoms with Crippen LogP contribution >= 0.6 is 22.7 Å². The van der Waals surface area contributed by atoms with Gasteiger partial charge in [-0.2, -0.15) is 0 Å². The average molecular weight is 980 g/mol. The van der Waals surface area contributed by atoms with Crippen molar-refractivity contribution in [3.05, 3.63) is 142 Å². The van der Waals surface area contributed by atoms with Gasteiger partial charge in [0.25, 0.3) is 11.8 Å². The molecule has 2 fully saturated rings. The van der Waals surface area contributed by atoms with Crippen molar-refractivity contribution >= 4 is 63.0 Å². The Kier molecular flexibility index (Phi) is 14.2. The van der Waals surface area contributed by atoms with E-state index >= 15 is 0 Å². The normalized spacial score (nSPS) is 18.1. The lowest BCUT2D eigenvalue weighted by Crippen LogP contribution is -2.59. The molecule has 5 heterocycles. The maximum atomic E-state index is 14.2. The Balaban J connectivity index is 0.774. The van der Waals surface area contributed by atoms with Gasteiger partial charge in [-0.1, -0.05) is 99.6 Å². The average Bonchev–Trinajstić information content (AvgIpc) is 4.18. The Labute approximate surface area is 415 Å². The summed E-state index contributed by atoms with van der Waals surface area (Å²) in [5.74, 6) is -1.56. The number of aliphatic hydroxyl groups excluding tert-OH is 1. The number of carbonyl (C=O) groups excluding carboxylic acids is 5. The quantitative estimate of drug-likeness (QED) is 0.0941. The minimum Gasteiger partial charge on any atom is -0.391 e. The molecule has 4 atom stereocenters. The van der Waals surface area contributed by atoms with Crippen molar-refractivity contribution in [2.45, 2.75) is 71.4 Å². The Morgan fingerprint density at radius 1 is 0.857 bits per heavy atom. The molecule has 5 amide bonds. The van der Waals surface area contributed by atoms with Crippen LogP contribution in [0.4, 0.5) is 10.8 Å². The van der Waals surface area contributed by atoms with Crippen LogP contribution in [0.25, 0.3) is 21.6 Å². The third-order valence-electron chi connectivity index (χ3n) is 13.3. The van der Waals surface area contributed by atoms with Gasteiger partial charge in [-0.15, -0.1) is 22.7 Å². The Hall–Kier alpha value is -6.79. The van der Waals surface area contributed by atoms with Crippen molar-refractivity contribution in [2.24, 2.45) is 5.41 Å². The van der Waals surface area contributed by atoms with Gasteiger partial charge in [0.05, 0.1) is 28.7 Å². The fraction of sp³-hybridized carbons (Fsp3) is 0.340. The number of nitrogens with zero attached hydrogens (tertiary/aromatic N) is 6. The Bertz CT molecular complexity index is 2840. The van der Waals surface area contributed by atoms with Crippen LogP contribution in [0.5, 0.6) is 0 Å². The highest BCUT2D eigenvalue weighted by molar-refractivity contribution is 7.14. The minimum absolute atomic E-state index is 0.00301. The predicted octanol–water partition coefficient (Wildman–Crippen LogP) is 6.51. The number of hydrogen-bond acceptors (Lipinski definition) is 12. The minimum atomic E-state index is -0.919. The second kappa shape index (κ2) is 20.7. The fourth-order valence-corrected chi connectivity index (χ4v) is 10.8. The molecule has 15 nitrogen and oxygen atoms in total. The van der Waals surface area contributed by atoms with Gasteiger partial charge in [-0.05, 0) is 63.9 Å². The molecule has 2 saturated heterocycles. The summed E-state index contributed by atoms with van der Waals surface area (Å²) in [6.45, 7) is 10.9. The molecule has 0 bridgehead atoms. The Morgan fingerprint density at radius 2 is 1.57 bits per heavy atom. The van der Waals surface area contributed by atoms with Crippen LogP contribution in [0, 0.1) is 12.3 Å². The van der Waals surface area contributed by atoms with E-state index in [0.717, 1.165) is 44.1 Å². The van der Waals surface area contributed by atoms with E-state index in [1.807, 2.05) is 118 Å². The number of hydrogen-bond donors (Lipinski definition) is 4. The SMILES string of the molecule is Cc1ncsc1-c1ccc(CNC(=O)[C@@H]2C[C@@H](O)CN2C(=O)C(NC(=O)CN2CCN(c3ccc(-c4ccc5c(c4)C(=O)N(C(C(=O)Nc4nccs4)c4ccccc4)C5)cc3)CC2)C(C)(C)C)cc1. The number of carbonyl (C=O) groups is 5. The van der Waals surface area contributed by atoms with Gasteiger partial charge in [0.1, 0.15) is 18.1 Å². The molecule has 2 unspecified atom stereocenters. The number of rotatable bonds is 14. The van der Waals surface area contributed by atoms with E-state index in [4.69, 9.17) is 0 Å². The van der Waals surface area contributed by atoms with E-state index in [1.54, 1.807) is 27.8 Å². The lowest BCUT2D eigenvalue weighted by Gasteiger charge is -2.37. The van der Waals surface area contributed by atoms with Crippen molar-refractivity contribution < 1.29 is 29.1 Å². The molecule has 17 heteroatoms. The standard InChI is InChI=1S/C53H57N9O6S2/c1-33-46(70-32-56-33)37-12-10-34(11-13-37)28-55-48(65)43-27-41(63)30-61(43)51(68)47(53(2,3)4)57-44(64)31-59-21-23-60(24-22-59)40-18-16-35(17-19-40)38-14-15-39-29-62(50(67)42(39)26-38)45(36-8-6-5-7-9-36)49(66)58-52-54-20-25-69-52/h5-20,25-26,32,41,43,45,47,63H,21-24,27-31H2,1-4H3,(H,55,65)(H,57,64)(H,54,58,66)/t41-,43+,45?,47?/m1/s1. The molecule has 9 rings (SSSR count). The van der Waals surface area contributed by atoms with Gasteiger partial charge in [0.2, 0.25) is 17.7 Å². The van der Waals surface area contributed by atoms with Crippen molar-refractivity contribution in [3.63, 3.8) is 0 Å². The summed E-state index contributed by atoms with van der Waals surface area (Å²) in [7, 11) is 0. The van der Waals surface area contributed by atoms with Crippen LogP contribution in [0.1, 0.15) is 66.0 Å². The fourth-order valence-electron chi connectivity index (χ4n) is 9.50. The Morgan fingerprint density at radius 3 is 2.24 bits per heavy atom. The number of benzene rings is 4. The van der Waals surface area contributed by atoms with Gasteiger partial charge in [-0.25, -0.2) is 9.97 Å². The van der Waals surface area contributed by atoms with Crippen LogP contribution in [0.3, 0.4) is 0 Å². The second-order valence-electron chi connectivity index (χ2n) is 19.2. The highest BCUT2D eigenvalue weighted by atomic mass is 32.1. The number of likely N-dealkylation sites (tertiary alicyclic amines) is 1. The molecule has 2 aromatic heterocycles. The van der Waals surface area contributed by atoms with Crippen molar-refractivity contribution in [2.75, 3.05) is 49.5 Å². The zero-order valence-corrected chi connectivity index (χ0v) is 41.3. The number of anilines is 2. The maximum Gasteiger partial charge on any atom is 0.255 e. The molecule has 362 valence electrons. The molecule has 0 aliphatic carbocycles. The number of thiazole rings is 2. The second-order valence-corrected chi connectivity index (χ2v) is 20.9. The van der Waals surface area contributed by atoms with Gasteiger partial charge < -0.3 is 30.4 Å². The molecule has 0 saturated carbocycles. The van der Waals surface area contributed by atoms with Crippen molar-refractivity contribution in [1.82, 2.24) is 35.3 Å². The summed E-state index contributed by atoms with van der Waals surface area (Å²) < 4.78 is 0. The van der Waals surface area contributed by atoms with E-state index in [9.17, 15) is 29.1 Å². The number of β-amino-alcohol motifs (C(OH)–C–C–N with tert-alkyl or cyclic N) is 1. The topological polar surface area (TPSA) is 180 Å². The van der Waals surface area contributed by atoms with Crippen LogP contribution in [0.15, 0.2) is 114 Å². The van der Waals surface area contributed by atoms with Crippen molar-refractivity contribution in [1.29, 1.82) is 0 Å². The first-order valence-electron chi connectivity index (χ1n) is 23.5. The number of piperazine rings is 1. The van der Waals surface area contributed by atoms with Crippen LogP contribution < -0.4 is 20.9 Å². The van der Waals surface area contributed by atoms with E-state index in [1.165, 1.54) is 16.2 Å². The summed E-state index contributed by atoms with van der Waals surface area (Å²) in [5.41, 5.74) is 9.10. The molecule has 4 aromatic carbocycles. The van der Waals surface area contributed by atoms with Crippen LogP contribution in [-0.2, 0) is 32.3 Å². The number of aryl methyl sites for hydroxylation is 1. The third-order valence-corrected chi connectivity index (χ3v) is 15.0. The molecule has 0 radical (unpaired) electrons. The lowest BCUT2D eigenvalue weighted by molar-refractivity contribution is -0.144. The van der Waals surface area contributed by atoms with Crippen molar-refractivity contribution in [3.8, 4) is 21.6 Å². The first-order chi connectivity index (χ1) is 33.7.